The van der Waals surface area contributed by atoms with Gasteiger partial charge in [0.1, 0.15) is 22.5 Å². The first-order valence-corrected chi connectivity index (χ1v) is 12.5. The summed E-state index contributed by atoms with van der Waals surface area (Å²) in [5.41, 5.74) is 2.89. The number of carbonyl (C=O) groups is 1. The predicted octanol–water partition coefficient (Wildman–Crippen LogP) is 5.09. The number of rotatable bonds is 9. The van der Waals surface area contributed by atoms with Crippen LogP contribution in [-0.2, 0) is 17.6 Å². The zero-order chi connectivity index (χ0) is 25.8. The molecule has 0 radical (unpaired) electrons. The van der Waals surface area contributed by atoms with E-state index in [0.717, 1.165) is 28.3 Å². The van der Waals surface area contributed by atoms with Crippen molar-refractivity contribution in [1.82, 2.24) is 15.0 Å². The van der Waals surface area contributed by atoms with E-state index in [1.807, 2.05) is 66.4 Å². The molecule has 1 N–H and O–H groups in total. The number of nitrogens with zero attached hydrogens (tertiary/aromatic N) is 4. The van der Waals surface area contributed by atoms with Gasteiger partial charge >= 0.3 is 5.97 Å². The van der Waals surface area contributed by atoms with E-state index in [0.29, 0.717) is 49.4 Å². The highest BCUT2D eigenvalue weighted by Gasteiger charge is 2.38. The van der Waals surface area contributed by atoms with Gasteiger partial charge in [-0.2, -0.15) is 0 Å². The third kappa shape index (κ3) is 5.91. The van der Waals surface area contributed by atoms with E-state index in [9.17, 15) is 9.90 Å². The van der Waals surface area contributed by atoms with Crippen LogP contribution in [0.1, 0.15) is 17.0 Å². The molecule has 2 aromatic heterocycles. The molecule has 3 heterocycles. The number of halogens is 1. The second-order valence-corrected chi connectivity index (χ2v) is 9.53. The van der Waals surface area contributed by atoms with E-state index >= 15 is 0 Å². The molecule has 0 unspecified atom stereocenters. The number of hydrogen-bond donors (Lipinski definition) is 1. The van der Waals surface area contributed by atoms with Crippen molar-refractivity contribution in [2.24, 2.45) is 11.8 Å². The van der Waals surface area contributed by atoms with Gasteiger partial charge in [-0.15, -0.1) is 0 Å². The van der Waals surface area contributed by atoms with Crippen molar-refractivity contribution in [3.63, 3.8) is 0 Å². The average molecular weight is 519 g/mol. The van der Waals surface area contributed by atoms with Crippen molar-refractivity contribution >= 4 is 23.4 Å². The summed E-state index contributed by atoms with van der Waals surface area (Å²) in [6.07, 6.45) is 4.35. The number of hydrogen-bond acceptors (Lipinski definition) is 7. The molecular formula is C28H27ClN4O4. The van der Waals surface area contributed by atoms with Crippen LogP contribution in [0.25, 0.3) is 11.5 Å². The van der Waals surface area contributed by atoms with Gasteiger partial charge in [-0.25, -0.2) is 9.97 Å². The van der Waals surface area contributed by atoms with Gasteiger partial charge in [-0.05, 0) is 49.1 Å². The van der Waals surface area contributed by atoms with E-state index in [1.165, 1.54) is 6.20 Å². The maximum atomic E-state index is 11.9. The van der Waals surface area contributed by atoms with Crippen molar-refractivity contribution in [1.29, 1.82) is 0 Å². The van der Waals surface area contributed by atoms with Gasteiger partial charge in [0.05, 0.1) is 30.6 Å². The van der Waals surface area contributed by atoms with Gasteiger partial charge in [-0.3, -0.25) is 9.78 Å². The molecule has 5 rings (SSSR count). The Morgan fingerprint density at radius 1 is 1.11 bits per heavy atom. The number of aliphatic carboxylic acids is 1. The van der Waals surface area contributed by atoms with Gasteiger partial charge < -0.3 is 19.2 Å². The topological polar surface area (TPSA) is 102 Å². The van der Waals surface area contributed by atoms with Crippen LogP contribution in [0.3, 0.4) is 0 Å². The van der Waals surface area contributed by atoms with Crippen LogP contribution < -0.4 is 9.64 Å². The standard InChI is InChI=1S/C28H27ClN4O4/c1-18-24(31-27(37-18)20-5-3-2-4-6-20)11-12-36-22-9-7-19(8-10-22)13-21-16-33(17-23(21)28(34)35)26-15-30-14-25(29)32-26/h2-10,14-15,21,23H,11-13,16-17H2,1H3,(H,34,35)/t21-,23+/m1/s1. The van der Waals surface area contributed by atoms with Gasteiger partial charge in [0, 0.05) is 25.1 Å². The van der Waals surface area contributed by atoms with Gasteiger partial charge in [0.15, 0.2) is 0 Å². The number of carboxylic acid groups (broad SMARTS) is 1. The first kappa shape index (κ1) is 24.8. The van der Waals surface area contributed by atoms with E-state index in [4.69, 9.17) is 20.8 Å². The van der Waals surface area contributed by atoms with Crippen LogP contribution in [0.2, 0.25) is 5.15 Å². The lowest BCUT2D eigenvalue weighted by molar-refractivity contribution is -0.142. The summed E-state index contributed by atoms with van der Waals surface area (Å²) in [4.78, 5) is 26.8. The number of aromatic nitrogens is 3. The molecule has 9 heteroatoms. The molecule has 4 aromatic rings. The lowest BCUT2D eigenvalue weighted by Gasteiger charge is -2.17. The Balaban J connectivity index is 1.16. The second kappa shape index (κ2) is 11.0. The molecule has 0 spiro atoms. The van der Waals surface area contributed by atoms with Crippen molar-refractivity contribution in [2.45, 2.75) is 19.8 Å². The van der Waals surface area contributed by atoms with Crippen LogP contribution in [0.4, 0.5) is 5.82 Å². The normalized spacial score (nSPS) is 17.2. The summed E-state index contributed by atoms with van der Waals surface area (Å²) in [6.45, 7) is 3.34. The molecule has 0 bridgehead atoms. The number of anilines is 1. The molecule has 1 aliphatic rings. The Bertz CT molecular complexity index is 1360. The van der Waals surface area contributed by atoms with Gasteiger partial charge in [0.2, 0.25) is 5.89 Å². The van der Waals surface area contributed by atoms with E-state index in [-0.39, 0.29) is 5.92 Å². The highest BCUT2D eigenvalue weighted by atomic mass is 35.5. The van der Waals surface area contributed by atoms with Crippen molar-refractivity contribution in [3.05, 3.63) is 89.2 Å². The minimum absolute atomic E-state index is 0.0565. The quantitative estimate of drug-likeness (QED) is 0.327. The fourth-order valence-corrected chi connectivity index (χ4v) is 4.83. The molecule has 0 aliphatic carbocycles. The van der Waals surface area contributed by atoms with Gasteiger partial charge in [-0.1, -0.05) is 41.9 Å². The molecule has 1 fully saturated rings. The minimum Gasteiger partial charge on any atom is -0.493 e. The summed E-state index contributed by atoms with van der Waals surface area (Å²) in [6, 6.07) is 17.6. The average Bonchev–Trinajstić information content (AvgIpc) is 3.49. The first-order valence-electron chi connectivity index (χ1n) is 12.1. The van der Waals surface area contributed by atoms with Crippen LogP contribution in [0.5, 0.6) is 5.75 Å². The van der Waals surface area contributed by atoms with Gasteiger partial charge in [0.25, 0.3) is 0 Å². The van der Waals surface area contributed by atoms with E-state index in [2.05, 4.69) is 15.0 Å². The zero-order valence-corrected chi connectivity index (χ0v) is 21.1. The molecule has 8 nitrogen and oxygen atoms in total. The number of aryl methyl sites for hydroxylation is 1. The monoisotopic (exact) mass is 518 g/mol. The lowest BCUT2D eigenvalue weighted by Crippen LogP contribution is -2.24. The SMILES string of the molecule is Cc1oc(-c2ccccc2)nc1CCOc1ccc(C[C@@H]2CN(c3cncc(Cl)n3)C[C@@H]2C(=O)O)cc1. The Morgan fingerprint density at radius 3 is 2.62 bits per heavy atom. The number of oxazole rings is 1. The van der Waals surface area contributed by atoms with E-state index < -0.39 is 11.9 Å². The van der Waals surface area contributed by atoms with Crippen LogP contribution in [0.15, 0.2) is 71.4 Å². The highest BCUT2D eigenvalue weighted by Crippen LogP contribution is 2.31. The summed E-state index contributed by atoms with van der Waals surface area (Å²) in [5.74, 6) is 1.40. The Labute approximate surface area is 219 Å². The zero-order valence-electron chi connectivity index (χ0n) is 20.4. The van der Waals surface area contributed by atoms with Crippen LogP contribution in [-0.4, -0.2) is 45.7 Å². The van der Waals surface area contributed by atoms with Crippen molar-refractivity contribution in [2.75, 3.05) is 24.6 Å². The highest BCUT2D eigenvalue weighted by molar-refractivity contribution is 6.29. The lowest BCUT2D eigenvalue weighted by atomic mass is 9.90. The molecule has 190 valence electrons. The second-order valence-electron chi connectivity index (χ2n) is 9.14. The summed E-state index contributed by atoms with van der Waals surface area (Å²) < 4.78 is 11.8. The fourth-order valence-electron chi connectivity index (χ4n) is 4.68. The summed E-state index contributed by atoms with van der Waals surface area (Å²) in [7, 11) is 0. The molecule has 2 atom stereocenters. The Hall–Kier alpha value is -3.91. The summed E-state index contributed by atoms with van der Waals surface area (Å²) >= 11 is 5.97. The molecular weight excluding hydrogens is 492 g/mol. The largest absolute Gasteiger partial charge is 0.493 e. The summed E-state index contributed by atoms with van der Waals surface area (Å²) in [5, 5.41) is 10.1. The molecule has 0 saturated carbocycles. The molecule has 37 heavy (non-hydrogen) atoms. The third-order valence-electron chi connectivity index (χ3n) is 6.62. The van der Waals surface area contributed by atoms with E-state index in [1.54, 1.807) is 6.20 Å². The Kier molecular flexibility index (Phi) is 7.37. The number of benzene rings is 2. The molecule has 1 saturated heterocycles. The number of carboxylic acids is 1. The number of ether oxygens (including phenoxy) is 1. The van der Waals surface area contributed by atoms with Crippen molar-refractivity contribution in [3.8, 4) is 17.2 Å². The molecule has 0 amide bonds. The maximum Gasteiger partial charge on any atom is 0.308 e. The Morgan fingerprint density at radius 2 is 1.89 bits per heavy atom. The maximum absolute atomic E-state index is 11.9. The molecule has 1 aliphatic heterocycles. The molecule has 2 aromatic carbocycles. The van der Waals surface area contributed by atoms with Crippen LogP contribution >= 0.6 is 11.6 Å². The van der Waals surface area contributed by atoms with Crippen LogP contribution in [0, 0.1) is 18.8 Å². The minimum atomic E-state index is -0.805. The predicted molar refractivity (Wildman–Crippen MR) is 140 cm³/mol. The third-order valence-corrected chi connectivity index (χ3v) is 6.80. The fraction of sp³-hybridized carbons (Fsp3) is 0.286. The smallest absolute Gasteiger partial charge is 0.308 e. The first-order chi connectivity index (χ1) is 18.0. The van der Waals surface area contributed by atoms with Crippen molar-refractivity contribution < 1.29 is 19.1 Å².